The van der Waals surface area contributed by atoms with Crippen LogP contribution in [0.2, 0.25) is 0 Å². The summed E-state index contributed by atoms with van der Waals surface area (Å²) in [6, 6.07) is 0. The van der Waals surface area contributed by atoms with Crippen molar-refractivity contribution in [2.24, 2.45) is 11.8 Å². The van der Waals surface area contributed by atoms with Gasteiger partial charge in [0.25, 0.3) is 0 Å². The van der Waals surface area contributed by atoms with E-state index < -0.39 is 0 Å². The average Bonchev–Trinajstić information content (AvgIpc) is 2.37. The van der Waals surface area contributed by atoms with Crippen LogP contribution in [-0.4, -0.2) is 43.8 Å². The van der Waals surface area contributed by atoms with Crippen molar-refractivity contribution in [3.05, 3.63) is 0 Å². The van der Waals surface area contributed by atoms with Gasteiger partial charge in [-0.25, -0.2) is 0 Å². The monoisotopic (exact) mass is 254 g/mol. The predicted octanol–water partition coefficient (Wildman–Crippen LogP) is 1.45. The van der Waals surface area contributed by atoms with E-state index in [2.05, 4.69) is 5.32 Å². The van der Waals surface area contributed by atoms with E-state index >= 15 is 0 Å². The highest BCUT2D eigenvalue weighted by Crippen LogP contribution is 2.31. The maximum Gasteiger partial charge on any atom is 0.223 e. The largest absolute Gasteiger partial charge is 0.355 e. The highest BCUT2D eigenvalue weighted by atomic mass is 16.2. The van der Waals surface area contributed by atoms with E-state index in [-0.39, 0.29) is 23.5 Å². The van der Waals surface area contributed by atoms with E-state index in [4.69, 9.17) is 0 Å². The molecular weight excluding hydrogens is 228 g/mol. The van der Waals surface area contributed by atoms with Crippen molar-refractivity contribution in [3.8, 4) is 0 Å². The first-order chi connectivity index (χ1) is 8.56. The lowest BCUT2D eigenvalue weighted by Crippen LogP contribution is -2.41. The van der Waals surface area contributed by atoms with E-state index in [1.54, 1.807) is 0 Å². The molecule has 1 aliphatic carbocycles. The van der Waals surface area contributed by atoms with E-state index in [1.165, 1.54) is 0 Å². The highest BCUT2D eigenvalue weighted by Gasteiger charge is 2.34. The van der Waals surface area contributed by atoms with Gasteiger partial charge in [-0.1, -0.05) is 19.8 Å². The molecule has 104 valence electrons. The minimum Gasteiger partial charge on any atom is -0.355 e. The van der Waals surface area contributed by atoms with Crippen LogP contribution in [0.3, 0.4) is 0 Å². The van der Waals surface area contributed by atoms with Crippen molar-refractivity contribution in [1.29, 1.82) is 0 Å². The second-order valence-corrected chi connectivity index (χ2v) is 5.41. The molecule has 1 fully saturated rings. The molecule has 0 saturated heterocycles. The highest BCUT2D eigenvalue weighted by molar-refractivity contribution is 5.88. The van der Waals surface area contributed by atoms with Gasteiger partial charge >= 0.3 is 0 Å². The van der Waals surface area contributed by atoms with Crippen LogP contribution >= 0.6 is 0 Å². The normalized spacial score (nSPS) is 24.0. The second kappa shape index (κ2) is 7.52. The number of ketones is 1. The minimum atomic E-state index is -0.0895. The Morgan fingerprint density at radius 3 is 2.33 bits per heavy atom. The minimum absolute atomic E-state index is 0.0388. The molecular formula is C14H26N2O2. The molecule has 2 atom stereocenters. The fraction of sp³-hybridized carbons (Fsp3) is 0.857. The first kappa shape index (κ1) is 15.2. The molecule has 4 nitrogen and oxygen atoms in total. The van der Waals surface area contributed by atoms with E-state index in [0.29, 0.717) is 13.0 Å². The molecule has 0 spiro atoms. The van der Waals surface area contributed by atoms with Crippen molar-refractivity contribution in [3.63, 3.8) is 0 Å². The Balaban J connectivity index is 2.49. The molecule has 0 radical (unpaired) electrons. The summed E-state index contributed by atoms with van der Waals surface area (Å²) >= 11 is 0. The predicted molar refractivity (Wildman–Crippen MR) is 72.3 cm³/mol. The molecule has 1 saturated carbocycles. The SMILES string of the molecule is CCC(=O)[C@H]1CCCC[C@H]1C(=O)NCCN(C)C. The summed E-state index contributed by atoms with van der Waals surface area (Å²) in [6.07, 6.45) is 4.45. The van der Waals surface area contributed by atoms with Crippen molar-refractivity contribution in [1.82, 2.24) is 10.2 Å². The third-order valence-corrected chi connectivity index (χ3v) is 3.72. The van der Waals surface area contributed by atoms with Gasteiger partial charge in [0.05, 0.1) is 0 Å². The van der Waals surface area contributed by atoms with Gasteiger partial charge in [-0.2, -0.15) is 0 Å². The average molecular weight is 254 g/mol. The van der Waals surface area contributed by atoms with Crippen LogP contribution in [-0.2, 0) is 9.59 Å². The summed E-state index contributed by atoms with van der Waals surface area (Å²) in [5.74, 6) is 0.197. The molecule has 0 unspecified atom stereocenters. The molecule has 0 aromatic carbocycles. The van der Waals surface area contributed by atoms with Crippen molar-refractivity contribution < 1.29 is 9.59 Å². The quantitative estimate of drug-likeness (QED) is 0.780. The van der Waals surface area contributed by atoms with Crippen LogP contribution in [0.4, 0.5) is 0 Å². The number of carbonyl (C=O) groups is 2. The van der Waals surface area contributed by atoms with Gasteiger partial charge < -0.3 is 10.2 Å². The van der Waals surface area contributed by atoms with E-state index in [0.717, 1.165) is 32.2 Å². The first-order valence-electron chi connectivity index (χ1n) is 7.01. The van der Waals surface area contributed by atoms with Gasteiger partial charge in [0.15, 0.2) is 0 Å². The lowest BCUT2D eigenvalue weighted by atomic mass is 9.76. The molecule has 1 rings (SSSR count). The molecule has 18 heavy (non-hydrogen) atoms. The summed E-state index contributed by atoms with van der Waals surface area (Å²) in [4.78, 5) is 26.0. The van der Waals surface area contributed by atoms with Crippen molar-refractivity contribution in [2.75, 3.05) is 27.2 Å². The van der Waals surface area contributed by atoms with Crippen molar-refractivity contribution >= 4 is 11.7 Å². The Kier molecular flexibility index (Phi) is 6.33. The molecule has 1 aliphatic rings. The molecule has 0 bridgehead atoms. The third-order valence-electron chi connectivity index (χ3n) is 3.72. The van der Waals surface area contributed by atoms with Gasteiger partial charge in [-0.3, -0.25) is 9.59 Å². The summed E-state index contributed by atoms with van der Waals surface area (Å²) in [6.45, 7) is 3.39. The lowest BCUT2D eigenvalue weighted by molar-refractivity contribution is -0.135. The number of hydrogen-bond donors (Lipinski definition) is 1. The number of amides is 1. The molecule has 0 aliphatic heterocycles. The van der Waals surface area contributed by atoms with Crippen LogP contribution in [0.5, 0.6) is 0 Å². The van der Waals surface area contributed by atoms with Gasteiger partial charge in [0.2, 0.25) is 5.91 Å². The molecule has 4 heteroatoms. The number of rotatable bonds is 6. The van der Waals surface area contributed by atoms with Gasteiger partial charge in [0.1, 0.15) is 5.78 Å². The summed E-state index contributed by atoms with van der Waals surface area (Å²) in [7, 11) is 3.96. The molecule has 0 aromatic heterocycles. The topological polar surface area (TPSA) is 49.4 Å². The van der Waals surface area contributed by atoms with Gasteiger partial charge in [-0.15, -0.1) is 0 Å². The zero-order chi connectivity index (χ0) is 13.5. The van der Waals surface area contributed by atoms with Gasteiger partial charge in [0, 0.05) is 31.3 Å². The summed E-state index contributed by atoms with van der Waals surface area (Å²) in [5.41, 5.74) is 0. The Labute approximate surface area is 110 Å². The van der Waals surface area contributed by atoms with Crippen LogP contribution in [0.15, 0.2) is 0 Å². The zero-order valence-electron chi connectivity index (χ0n) is 11.9. The second-order valence-electron chi connectivity index (χ2n) is 5.41. The number of likely N-dealkylation sites (N-methyl/N-ethyl adjacent to an activating group) is 1. The summed E-state index contributed by atoms with van der Waals surface area (Å²) < 4.78 is 0. The van der Waals surface area contributed by atoms with Crippen LogP contribution < -0.4 is 5.32 Å². The molecule has 0 aromatic rings. The number of carbonyl (C=O) groups excluding carboxylic acids is 2. The van der Waals surface area contributed by atoms with Crippen molar-refractivity contribution in [2.45, 2.75) is 39.0 Å². The Morgan fingerprint density at radius 1 is 1.17 bits per heavy atom. The maximum absolute atomic E-state index is 12.1. The fourth-order valence-corrected chi connectivity index (χ4v) is 2.63. The molecule has 1 amide bonds. The first-order valence-corrected chi connectivity index (χ1v) is 7.01. The number of hydrogen-bond acceptors (Lipinski definition) is 3. The number of nitrogens with zero attached hydrogens (tertiary/aromatic N) is 1. The Hall–Kier alpha value is -0.900. The van der Waals surface area contributed by atoms with Crippen LogP contribution in [0, 0.1) is 11.8 Å². The number of nitrogens with one attached hydrogen (secondary N) is 1. The van der Waals surface area contributed by atoms with E-state index in [1.807, 2.05) is 25.9 Å². The Morgan fingerprint density at radius 2 is 1.78 bits per heavy atom. The number of Topliss-reactive ketones (excluding diaryl/α,β-unsaturated/α-hetero) is 1. The smallest absolute Gasteiger partial charge is 0.223 e. The van der Waals surface area contributed by atoms with Crippen LogP contribution in [0.25, 0.3) is 0 Å². The lowest BCUT2D eigenvalue weighted by Gasteiger charge is -2.29. The third kappa shape index (κ3) is 4.41. The maximum atomic E-state index is 12.1. The Bertz CT molecular complexity index is 290. The van der Waals surface area contributed by atoms with Crippen LogP contribution in [0.1, 0.15) is 39.0 Å². The fourth-order valence-electron chi connectivity index (χ4n) is 2.63. The molecule has 0 heterocycles. The molecule has 1 N–H and O–H groups in total. The summed E-state index contributed by atoms with van der Waals surface area (Å²) in [5, 5.41) is 2.96. The standard InChI is InChI=1S/C14H26N2O2/c1-4-13(17)11-7-5-6-8-12(11)14(18)15-9-10-16(2)3/h11-12H,4-10H2,1-3H3,(H,15,18)/t11-,12+/m0/s1. The van der Waals surface area contributed by atoms with E-state index in [9.17, 15) is 9.59 Å². The zero-order valence-corrected chi connectivity index (χ0v) is 11.9. The van der Waals surface area contributed by atoms with Gasteiger partial charge in [-0.05, 0) is 26.9 Å².